The number of hydrogen-bond acceptors (Lipinski definition) is 5. The molecule has 0 aromatic carbocycles. The van der Waals surface area contributed by atoms with Gasteiger partial charge >= 0.3 is 0 Å². The van der Waals surface area contributed by atoms with Gasteiger partial charge in [0.2, 0.25) is 5.91 Å². The summed E-state index contributed by atoms with van der Waals surface area (Å²) >= 11 is 0. The second-order valence-electron chi connectivity index (χ2n) is 7.18. The molecule has 0 bridgehead atoms. The molecule has 2 aliphatic rings. The molecule has 1 atom stereocenters. The van der Waals surface area contributed by atoms with Crippen LogP contribution in [0, 0.1) is 5.41 Å². The largest absolute Gasteiger partial charge is 0.385 e. The molecule has 2 saturated heterocycles. The molecule has 0 aliphatic carbocycles. The summed E-state index contributed by atoms with van der Waals surface area (Å²) < 4.78 is 7.18. The highest BCUT2D eigenvalue weighted by atomic mass is 16.5. The van der Waals surface area contributed by atoms with E-state index in [0.29, 0.717) is 13.0 Å². The number of carbonyl (C=O) groups excluding carboxylic acids is 1. The Morgan fingerprint density at radius 2 is 2.17 bits per heavy atom. The Bertz CT molecular complexity index is 553. The Hall–Kier alpha value is -1.47. The predicted octanol–water partition coefficient (Wildman–Crippen LogP) is 1.37. The number of nitrogens with one attached hydrogen (secondary N) is 1. The van der Waals surface area contributed by atoms with Crippen molar-refractivity contribution in [3.63, 3.8) is 0 Å². The summed E-state index contributed by atoms with van der Waals surface area (Å²) in [6.07, 6.45) is 6.67. The van der Waals surface area contributed by atoms with E-state index in [1.54, 1.807) is 13.4 Å². The lowest BCUT2D eigenvalue weighted by Gasteiger charge is -2.46. The van der Waals surface area contributed by atoms with Crippen molar-refractivity contribution in [2.75, 3.05) is 33.4 Å². The summed E-state index contributed by atoms with van der Waals surface area (Å²) in [7, 11) is 1.71. The van der Waals surface area contributed by atoms with E-state index in [2.05, 4.69) is 27.0 Å². The van der Waals surface area contributed by atoms with Crippen molar-refractivity contribution in [2.45, 2.75) is 51.6 Å². The van der Waals surface area contributed by atoms with E-state index in [-0.39, 0.29) is 17.4 Å². The van der Waals surface area contributed by atoms with Gasteiger partial charge in [-0.25, -0.2) is 0 Å². The first-order valence-corrected chi connectivity index (χ1v) is 9.02. The second-order valence-corrected chi connectivity index (χ2v) is 7.18. The molecule has 0 saturated carbocycles. The standard InChI is InChI=1S/C17H29N5O2/c1-14(16-20-19-13-21(16)10-3-11-24-2)22-12-17(5-4-15(22)23)6-8-18-9-7-17/h13-14,18H,3-12H2,1-2H3/t14-/m0/s1. The van der Waals surface area contributed by atoms with E-state index >= 15 is 0 Å². The molecule has 1 aromatic rings. The van der Waals surface area contributed by atoms with Crippen LogP contribution in [-0.2, 0) is 16.1 Å². The maximum Gasteiger partial charge on any atom is 0.223 e. The van der Waals surface area contributed by atoms with Crippen LogP contribution >= 0.6 is 0 Å². The molecule has 1 amide bonds. The number of likely N-dealkylation sites (tertiary alicyclic amines) is 1. The van der Waals surface area contributed by atoms with E-state index in [9.17, 15) is 4.79 Å². The van der Waals surface area contributed by atoms with Crippen LogP contribution in [0.5, 0.6) is 0 Å². The maximum atomic E-state index is 12.6. The Morgan fingerprint density at radius 1 is 1.38 bits per heavy atom. The van der Waals surface area contributed by atoms with E-state index < -0.39 is 0 Å². The van der Waals surface area contributed by atoms with Gasteiger partial charge in [-0.15, -0.1) is 10.2 Å². The van der Waals surface area contributed by atoms with Gasteiger partial charge in [-0.2, -0.15) is 0 Å². The lowest BCUT2D eigenvalue weighted by Crippen LogP contribution is -2.51. The van der Waals surface area contributed by atoms with Gasteiger partial charge in [-0.1, -0.05) is 0 Å². The summed E-state index contributed by atoms with van der Waals surface area (Å²) in [4.78, 5) is 14.6. The molecule has 134 valence electrons. The Morgan fingerprint density at radius 3 is 2.92 bits per heavy atom. The molecule has 1 spiro atoms. The maximum absolute atomic E-state index is 12.6. The van der Waals surface area contributed by atoms with Crippen LogP contribution in [0.25, 0.3) is 0 Å². The predicted molar refractivity (Wildman–Crippen MR) is 90.4 cm³/mol. The van der Waals surface area contributed by atoms with E-state index in [0.717, 1.165) is 57.7 Å². The number of hydrogen-bond donors (Lipinski definition) is 1. The van der Waals surface area contributed by atoms with Crippen molar-refractivity contribution in [1.29, 1.82) is 0 Å². The third kappa shape index (κ3) is 3.62. The monoisotopic (exact) mass is 335 g/mol. The van der Waals surface area contributed by atoms with Crippen LogP contribution in [0.4, 0.5) is 0 Å². The molecule has 7 heteroatoms. The quantitative estimate of drug-likeness (QED) is 0.795. The molecular formula is C17H29N5O2. The third-order valence-corrected chi connectivity index (χ3v) is 5.59. The van der Waals surface area contributed by atoms with E-state index in [4.69, 9.17) is 4.74 Å². The Balaban J connectivity index is 1.72. The minimum Gasteiger partial charge on any atom is -0.385 e. The van der Waals surface area contributed by atoms with Crippen molar-refractivity contribution < 1.29 is 9.53 Å². The van der Waals surface area contributed by atoms with Gasteiger partial charge in [0.25, 0.3) is 0 Å². The topological polar surface area (TPSA) is 72.3 Å². The molecule has 24 heavy (non-hydrogen) atoms. The number of aromatic nitrogens is 3. The number of aryl methyl sites for hydroxylation is 1. The Labute approximate surface area is 143 Å². The molecule has 1 N–H and O–H groups in total. The lowest BCUT2D eigenvalue weighted by atomic mass is 9.72. The highest BCUT2D eigenvalue weighted by molar-refractivity contribution is 5.77. The highest BCUT2D eigenvalue weighted by Gasteiger charge is 2.41. The zero-order chi connectivity index (χ0) is 17.0. The highest BCUT2D eigenvalue weighted by Crippen LogP contribution is 2.40. The van der Waals surface area contributed by atoms with Gasteiger partial charge in [0.05, 0.1) is 6.04 Å². The molecule has 2 aliphatic heterocycles. The fourth-order valence-corrected chi connectivity index (χ4v) is 4.04. The first-order valence-electron chi connectivity index (χ1n) is 9.02. The average molecular weight is 335 g/mol. The van der Waals surface area contributed by atoms with E-state index in [1.165, 1.54) is 0 Å². The molecule has 0 unspecified atom stereocenters. The first-order chi connectivity index (χ1) is 11.7. The van der Waals surface area contributed by atoms with Gasteiger partial charge in [0, 0.05) is 33.2 Å². The normalized spacial score (nSPS) is 22.1. The van der Waals surface area contributed by atoms with Crippen molar-refractivity contribution >= 4 is 5.91 Å². The van der Waals surface area contributed by atoms with Gasteiger partial charge in [-0.05, 0) is 51.1 Å². The fourth-order valence-electron chi connectivity index (χ4n) is 4.04. The molecule has 1 aromatic heterocycles. The van der Waals surface area contributed by atoms with Gasteiger partial charge in [0.15, 0.2) is 5.82 Å². The number of nitrogens with zero attached hydrogens (tertiary/aromatic N) is 4. The van der Waals surface area contributed by atoms with Gasteiger partial charge in [0.1, 0.15) is 6.33 Å². The average Bonchev–Trinajstić information content (AvgIpc) is 3.06. The summed E-state index contributed by atoms with van der Waals surface area (Å²) in [6.45, 7) is 6.57. The molecule has 0 radical (unpaired) electrons. The second kappa shape index (κ2) is 7.61. The fraction of sp³-hybridized carbons (Fsp3) is 0.824. The minimum absolute atomic E-state index is 0.0328. The minimum atomic E-state index is -0.0328. The number of rotatable bonds is 6. The van der Waals surface area contributed by atoms with Gasteiger partial charge < -0.3 is 19.5 Å². The summed E-state index contributed by atoms with van der Waals surface area (Å²) in [5.74, 6) is 1.13. The zero-order valence-electron chi connectivity index (χ0n) is 14.8. The van der Waals surface area contributed by atoms with Crippen LogP contribution in [0.15, 0.2) is 6.33 Å². The van der Waals surface area contributed by atoms with Crippen molar-refractivity contribution in [3.05, 3.63) is 12.2 Å². The number of methoxy groups -OCH3 is 1. The van der Waals surface area contributed by atoms with Crippen LogP contribution < -0.4 is 5.32 Å². The van der Waals surface area contributed by atoms with Crippen molar-refractivity contribution in [2.24, 2.45) is 5.41 Å². The zero-order valence-corrected chi connectivity index (χ0v) is 14.8. The SMILES string of the molecule is COCCCn1cnnc1[C@H](C)N1CC2(CCNCC2)CCC1=O. The van der Waals surface area contributed by atoms with Crippen LogP contribution in [0.3, 0.4) is 0 Å². The summed E-state index contributed by atoms with van der Waals surface area (Å²) in [6, 6.07) is -0.0328. The molecule has 7 nitrogen and oxygen atoms in total. The smallest absolute Gasteiger partial charge is 0.223 e. The van der Waals surface area contributed by atoms with Crippen LogP contribution in [-0.4, -0.2) is 58.9 Å². The van der Waals surface area contributed by atoms with Crippen molar-refractivity contribution in [1.82, 2.24) is 25.0 Å². The van der Waals surface area contributed by atoms with Crippen molar-refractivity contribution in [3.8, 4) is 0 Å². The summed E-state index contributed by atoms with van der Waals surface area (Å²) in [5, 5.41) is 11.8. The molecule has 2 fully saturated rings. The first kappa shape index (κ1) is 17.4. The Kier molecular flexibility index (Phi) is 5.50. The lowest BCUT2D eigenvalue weighted by molar-refractivity contribution is -0.141. The van der Waals surface area contributed by atoms with Crippen LogP contribution in [0.2, 0.25) is 0 Å². The molecular weight excluding hydrogens is 306 g/mol. The number of amides is 1. The summed E-state index contributed by atoms with van der Waals surface area (Å²) in [5.41, 5.74) is 0.286. The molecule has 3 heterocycles. The number of ether oxygens (including phenoxy) is 1. The van der Waals surface area contributed by atoms with Gasteiger partial charge in [-0.3, -0.25) is 4.79 Å². The van der Waals surface area contributed by atoms with Crippen LogP contribution in [0.1, 0.15) is 50.9 Å². The number of piperidine rings is 2. The van der Waals surface area contributed by atoms with E-state index in [1.807, 2.05) is 4.90 Å². The third-order valence-electron chi connectivity index (χ3n) is 5.59. The molecule has 3 rings (SSSR count). The number of carbonyl (C=O) groups is 1.